The first-order valence-electron chi connectivity index (χ1n) is 8.97. The Balaban J connectivity index is 1.31. The fraction of sp³-hybridized carbons (Fsp3) is 0.286. The van der Waals surface area contributed by atoms with Gasteiger partial charge in [-0.1, -0.05) is 30.3 Å². The SMILES string of the molecule is Fc1ccc(OCc2nc(CN3CCOC(c4ccccc4)C3)cs2)cc1. The first-order chi connectivity index (χ1) is 13.3. The summed E-state index contributed by atoms with van der Waals surface area (Å²) in [5, 5.41) is 3.00. The van der Waals surface area contributed by atoms with Gasteiger partial charge >= 0.3 is 0 Å². The average Bonchev–Trinajstić information content (AvgIpc) is 3.16. The van der Waals surface area contributed by atoms with Crippen molar-refractivity contribution in [3.63, 3.8) is 0 Å². The van der Waals surface area contributed by atoms with Gasteiger partial charge in [0.25, 0.3) is 0 Å². The molecular weight excluding hydrogens is 363 g/mol. The van der Waals surface area contributed by atoms with Crippen molar-refractivity contribution in [2.24, 2.45) is 0 Å². The number of nitrogens with zero attached hydrogens (tertiary/aromatic N) is 2. The van der Waals surface area contributed by atoms with Crippen LogP contribution in [-0.4, -0.2) is 29.6 Å². The van der Waals surface area contributed by atoms with E-state index in [4.69, 9.17) is 9.47 Å². The van der Waals surface area contributed by atoms with E-state index >= 15 is 0 Å². The lowest BCUT2D eigenvalue weighted by Crippen LogP contribution is -2.37. The Bertz CT molecular complexity index is 854. The molecule has 3 aromatic rings. The van der Waals surface area contributed by atoms with Crippen molar-refractivity contribution in [3.05, 3.63) is 82.1 Å². The van der Waals surface area contributed by atoms with Gasteiger partial charge in [-0.15, -0.1) is 11.3 Å². The molecule has 0 spiro atoms. The summed E-state index contributed by atoms with van der Waals surface area (Å²) in [5.74, 6) is 0.380. The molecule has 1 saturated heterocycles. The predicted molar refractivity (Wildman–Crippen MR) is 103 cm³/mol. The molecule has 6 heteroatoms. The first-order valence-corrected chi connectivity index (χ1v) is 9.85. The Hall–Kier alpha value is -2.28. The average molecular weight is 384 g/mol. The van der Waals surface area contributed by atoms with Crippen molar-refractivity contribution in [3.8, 4) is 5.75 Å². The predicted octanol–water partition coefficient (Wildman–Crippen LogP) is 4.43. The van der Waals surface area contributed by atoms with Crippen LogP contribution in [0.1, 0.15) is 22.4 Å². The van der Waals surface area contributed by atoms with Crippen molar-refractivity contribution >= 4 is 11.3 Å². The number of hydrogen-bond acceptors (Lipinski definition) is 5. The Labute approximate surface area is 162 Å². The third-order valence-corrected chi connectivity index (χ3v) is 5.35. The molecule has 2 heterocycles. The van der Waals surface area contributed by atoms with Crippen LogP contribution in [0.3, 0.4) is 0 Å². The summed E-state index contributed by atoms with van der Waals surface area (Å²) in [4.78, 5) is 7.05. The van der Waals surface area contributed by atoms with E-state index in [1.807, 2.05) is 18.2 Å². The summed E-state index contributed by atoms with van der Waals surface area (Å²) in [5.41, 5.74) is 2.26. The molecule has 0 saturated carbocycles. The van der Waals surface area contributed by atoms with Gasteiger partial charge in [0.05, 0.1) is 18.4 Å². The number of halogens is 1. The van der Waals surface area contributed by atoms with Gasteiger partial charge in [0.15, 0.2) is 0 Å². The number of aromatic nitrogens is 1. The van der Waals surface area contributed by atoms with Gasteiger partial charge in [-0.3, -0.25) is 4.90 Å². The molecule has 0 N–H and O–H groups in total. The minimum absolute atomic E-state index is 0.111. The Morgan fingerprint density at radius 2 is 1.96 bits per heavy atom. The number of morpholine rings is 1. The second-order valence-corrected chi connectivity index (χ2v) is 7.42. The number of ether oxygens (including phenoxy) is 2. The molecule has 1 atom stereocenters. The lowest BCUT2D eigenvalue weighted by Gasteiger charge is -2.32. The van der Waals surface area contributed by atoms with E-state index in [-0.39, 0.29) is 11.9 Å². The summed E-state index contributed by atoms with van der Waals surface area (Å²) >= 11 is 1.59. The summed E-state index contributed by atoms with van der Waals surface area (Å²) in [6.07, 6.45) is 0.111. The topological polar surface area (TPSA) is 34.6 Å². The van der Waals surface area contributed by atoms with Crippen LogP contribution in [-0.2, 0) is 17.9 Å². The molecule has 0 aliphatic carbocycles. The molecule has 1 aliphatic rings. The summed E-state index contributed by atoms with van der Waals surface area (Å²) in [6.45, 7) is 3.70. The lowest BCUT2D eigenvalue weighted by atomic mass is 10.1. The van der Waals surface area contributed by atoms with Gasteiger partial charge in [0, 0.05) is 25.0 Å². The molecule has 27 heavy (non-hydrogen) atoms. The van der Waals surface area contributed by atoms with Gasteiger partial charge in [-0.05, 0) is 29.8 Å². The number of hydrogen-bond donors (Lipinski definition) is 0. The van der Waals surface area contributed by atoms with Crippen LogP contribution < -0.4 is 4.74 Å². The molecule has 0 amide bonds. The highest BCUT2D eigenvalue weighted by Gasteiger charge is 2.22. The zero-order chi connectivity index (χ0) is 18.5. The highest BCUT2D eigenvalue weighted by atomic mass is 32.1. The van der Waals surface area contributed by atoms with Crippen molar-refractivity contribution in [1.29, 1.82) is 0 Å². The molecule has 1 aliphatic heterocycles. The second kappa shape index (κ2) is 8.61. The molecule has 0 bridgehead atoms. The molecule has 0 radical (unpaired) electrons. The molecule has 140 valence electrons. The molecule has 2 aromatic carbocycles. The highest BCUT2D eigenvalue weighted by Crippen LogP contribution is 2.23. The zero-order valence-corrected chi connectivity index (χ0v) is 15.7. The molecule has 1 fully saturated rings. The summed E-state index contributed by atoms with van der Waals surface area (Å²) in [6, 6.07) is 16.4. The normalized spacial score (nSPS) is 17.7. The van der Waals surface area contributed by atoms with E-state index in [1.165, 1.54) is 17.7 Å². The van der Waals surface area contributed by atoms with Gasteiger partial charge in [0.1, 0.15) is 23.2 Å². The van der Waals surface area contributed by atoms with E-state index in [0.717, 1.165) is 36.9 Å². The number of thiazole rings is 1. The van der Waals surface area contributed by atoms with Crippen LogP contribution in [0.4, 0.5) is 4.39 Å². The van der Waals surface area contributed by atoms with Crippen LogP contribution in [0.2, 0.25) is 0 Å². The summed E-state index contributed by atoms with van der Waals surface area (Å²) in [7, 11) is 0. The quantitative estimate of drug-likeness (QED) is 0.630. The summed E-state index contributed by atoms with van der Waals surface area (Å²) < 4.78 is 24.5. The van der Waals surface area contributed by atoms with Crippen molar-refractivity contribution in [2.45, 2.75) is 19.3 Å². The van der Waals surface area contributed by atoms with Crippen molar-refractivity contribution in [2.75, 3.05) is 19.7 Å². The molecule has 1 unspecified atom stereocenters. The van der Waals surface area contributed by atoms with Crippen molar-refractivity contribution in [1.82, 2.24) is 9.88 Å². The third kappa shape index (κ3) is 4.91. The van der Waals surface area contributed by atoms with E-state index in [2.05, 4.69) is 27.4 Å². The Morgan fingerprint density at radius 1 is 1.15 bits per heavy atom. The molecule has 4 rings (SSSR count). The lowest BCUT2D eigenvalue weighted by molar-refractivity contribution is -0.0332. The van der Waals surface area contributed by atoms with Crippen LogP contribution >= 0.6 is 11.3 Å². The van der Waals surface area contributed by atoms with Crippen LogP contribution in [0.15, 0.2) is 60.0 Å². The molecular formula is C21H21FN2O2S. The van der Waals surface area contributed by atoms with Crippen LogP contribution in [0.5, 0.6) is 5.75 Å². The molecule has 1 aromatic heterocycles. The standard InChI is InChI=1S/C21H21FN2O2S/c22-17-6-8-19(9-7-17)26-14-21-23-18(15-27-21)12-24-10-11-25-20(13-24)16-4-2-1-3-5-16/h1-9,15,20H,10-14H2. The largest absolute Gasteiger partial charge is 0.486 e. The van der Waals surface area contributed by atoms with Crippen LogP contribution in [0.25, 0.3) is 0 Å². The Kier molecular flexibility index (Phi) is 5.77. The van der Waals surface area contributed by atoms with Gasteiger partial charge < -0.3 is 9.47 Å². The van der Waals surface area contributed by atoms with E-state index in [0.29, 0.717) is 12.4 Å². The van der Waals surface area contributed by atoms with Crippen LogP contribution in [0, 0.1) is 5.82 Å². The number of rotatable bonds is 6. The Morgan fingerprint density at radius 3 is 2.78 bits per heavy atom. The number of benzene rings is 2. The zero-order valence-electron chi connectivity index (χ0n) is 14.9. The van der Waals surface area contributed by atoms with Gasteiger partial charge in [0.2, 0.25) is 0 Å². The van der Waals surface area contributed by atoms with Crippen molar-refractivity contribution < 1.29 is 13.9 Å². The fourth-order valence-corrected chi connectivity index (χ4v) is 3.80. The maximum atomic E-state index is 12.9. The maximum Gasteiger partial charge on any atom is 0.140 e. The minimum Gasteiger partial charge on any atom is -0.486 e. The third-order valence-electron chi connectivity index (χ3n) is 4.48. The highest BCUT2D eigenvalue weighted by molar-refractivity contribution is 7.09. The van der Waals surface area contributed by atoms with Gasteiger partial charge in [-0.2, -0.15) is 0 Å². The first kappa shape index (κ1) is 18.1. The van der Waals surface area contributed by atoms with E-state index in [1.54, 1.807) is 23.5 Å². The monoisotopic (exact) mass is 384 g/mol. The maximum absolute atomic E-state index is 12.9. The molecule has 4 nitrogen and oxygen atoms in total. The minimum atomic E-state index is -0.266. The smallest absolute Gasteiger partial charge is 0.140 e. The van der Waals surface area contributed by atoms with Gasteiger partial charge in [-0.25, -0.2) is 9.37 Å². The van der Waals surface area contributed by atoms with E-state index in [9.17, 15) is 4.39 Å². The van der Waals surface area contributed by atoms with E-state index < -0.39 is 0 Å². The fourth-order valence-electron chi connectivity index (χ4n) is 3.11. The second-order valence-electron chi connectivity index (χ2n) is 6.48.